The quantitative estimate of drug-likeness (QED) is 0.645. The average molecular weight is 219 g/mol. The van der Waals surface area contributed by atoms with E-state index in [4.69, 9.17) is 0 Å². The molecule has 0 saturated heterocycles. The number of nitrogens with zero attached hydrogens (tertiary/aromatic N) is 1. The number of hydrogen-bond acceptors (Lipinski definition) is 1. The largest absolute Gasteiger partial charge is 0.302 e. The molecule has 0 bridgehead atoms. The van der Waals surface area contributed by atoms with E-state index in [1.54, 1.807) is 5.56 Å². The number of aryl methyl sites for hydroxylation is 1. The summed E-state index contributed by atoms with van der Waals surface area (Å²) < 4.78 is 0. The number of hydrogen-bond donors (Lipinski definition) is 0. The highest BCUT2D eigenvalue weighted by atomic mass is 15.1. The fourth-order valence-corrected chi connectivity index (χ4v) is 2.68. The Morgan fingerprint density at radius 1 is 1.19 bits per heavy atom. The summed E-state index contributed by atoms with van der Waals surface area (Å²) in [5, 5.41) is 0. The molecule has 0 aliphatic carbocycles. The average Bonchev–Trinajstić information content (AvgIpc) is 2.16. The lowest BCUT2D eigenvalue weighted by atomic mass is 9.81. The molecule has 0 atom stereocenters. The van der Waals surface area contributed by atoms with Crippen LogP contribution in [0.3, 0.4) is 0 Å². The molecule has 0 unspecified atom stereocenters. The predicted octanol–water partition coefficient (Wildman–Crippen LogP) is 3.53. The van der Waals surface area contributed by atoms with Gasteiger partial charge >= 0.3 is 0 Å². The molecule has 1 heteroatoms. The van der Waals surface area contributed by atoms with E-state index in [0.717, 1.165) is 6.54 Å². The molecule has 2 rings (SSSR count). The highest BCUT2D eigenvalue weighted by Crippen LogP contribution is 2.30. The van der Waals surface area contributed by atoms with E-state index in [1.165, 1.54) is 29.7 Å². The van der Waals surface area contributed by atoms with Crippen molar-refractivity contribution in [1.29, 1.82) is 0 Å². The van der Waals surface area contributed by atoms with Crippen LogP contribution in [-0.4, -0.2) is 18.5 Å². The van der Waals surface area contributed by atoms with Crippen molar-refractivity contribution in [1.82, 2.24) is 4.90 Å². The third-order valence-corrected chi connectivity index (χ3v) is 3.56. The van der Waals surface area contributed by atoms with Gasteiger partial charge in [0.05, 0.1) is 0 Å². The molecule has 0 fully saturated rings. The Hall–Kier alpha value is -0.820. The molecule has 1 heterocycles. The van der Waals surface area contributed by atoms with Crippen molar-refractivity contribution >= 4 is 0 Å². The Kier molecular flexibility index (Phi) is 2.83. The Morgan fingerprint density at radius 3 is 2.50 bits per heavy atom. The second-order valence-corrected chi connectivity index (χ2v) is 6.17. The maximum Gasteiger partial charge on any atom is 0.0233 e. The molecule has 90 valence electrons. The summed E-state index contributed by atoms with van der Waals surface area (Å²) in [6.45, 7) is 11.5. The first-order valence-corrected chi connectivity index (χ1v) is 6.19. The van der Waals surface area contributed by atoms with E-state index in [2.05, 4.69) is 51.8 Å². The van der Waals surface area contributed by atoms with Gasteiger partial charge in [0.25, 0.3) is 0 Å². The molecule has 0 amide bonds. The van der Waals surface area contributed by atoms with Gasteiger partial charge in [-0.2, -0.15) is 0 Å². The summed E-state index contributed by atoms with van der Waals surface area (Å²) in [6.07, 6.45) is 1.21. The zero-order valence-electron chi connectivity index (χ0n) is 11.2. The highest BCUT2D eigenvalue weighted by molar-refractivity contribution is 5.42. The summed E-state index contributed by atoms with van der Waals surface area (Å²) in [7, 11) is 2.21. The molecule has 0 N–H and O–H groups in total. The van der Waals surface area contributed by atoms with Crippen LogP contribution in [0.2, 0.25) is 0 Å². The van der Waals surface area contributed by atoms with Gasteiger partial charge in [0.1, 0.15) is 0 Å². The van der Waals surface area contributed by atoms with Gasteiger partial charge in [0.15, 0.2) is 0 Å². The van der Waals surface area contributed by atoms with E-state index >= 15 is 0 Å². The number of fused-ring (bicyclic) bond motifs is 1. The molecule has 1 aromatic rings. The molecular weight excluding hydrogens is 194 g/mol. The first kappa shape index (κ1) is 11.7. The van der Waals surface area contributed by atoms with Crippen molar-refractivity contribution in [3.8, 4) is 0 Å². The summed E-state index contributed by atoms with van der Waals surface area (Å²) >= 11 is 0. The first-order valence-electron chi connectivity index (χ1n) is 6.19. The van der Waals surface area contributed by atoms with E-state index in [0.29, 0.717) is 0 Å². The van der Waals surface area contributed by atoms with Gasteiger partial charge in [-0.25, -0.2) is 0 Å². The van der Waals surface area contributed by atoms with Crippen LogP contribution in [-0.2, 0) is 18.4 Å². The van der Waals surface area contributed by atoms with E-state index in [9.17, 15) is 0 Å². The van der Waals surface area contributed by atoms with Crippen molar-refractivity contribution in [3.63, 3.8) is 0 Å². The van der Waals surface area contributed by atoms with E-state index in [1.807, 2.05) is 0 Å². The van der Waals surface area contributed by atoms with Crippen molar-refractivity contribution in [2.45, 2.75) is 46.1 Å². The summed E-state index contributed by atoms with van der Waals surface area (Å²) in [6, 6.07) is 4.84. The molecule has 1 aliphatic heterocycles. The fourth-order valence-electron chi connectivity index (χ4n) is 2.68. The summed E-state index contributed by atoms with van der Waals surface area (Å²) in [5.74, 6) is 0. The zero-order chi connectivity index (χ0) is 11.9. The maximum absolute atomic E-state index is 2.43. The monoisotopic (exact) mass is 219 g/mol. The first-order chi connectivity index (χ1) is 7.38. The minimum Gasteiger partial charge on any atom is -0.302 e. The van der Waals surface area contributed by atoms with Crippen molar-refractivity contribution in [3.05, 3.63) is 34.4 Å². The zero-order valence-corrected chi connectivity index (χ0v) is 11.2. The Morgan fingerprint density at radius 2 is 1.88 bits per heavy atom. The van der Waals surface area contributed by atoms with Crippen molar-refractivity contribution < 1.29 is 1.43 Å². The van der Waals surface area contributed by atoms with Gasteiger partial charge in [-0.15, -0.1) is 0 Å². The van der Waals surface area contributed by atoms with Crippen LogP contribution in [0.5, 0.6) is 0 Å². The minimum atomic E-state index is 0. The number of rotatable bonds is 0. The van der Waals surface area contributed by atoms with Crippen LogP contribution in [0.4, 0.5) is 0 Å². The third kappa shape index (κ3) is 2.15. The Balaban J connectivity index is 0.00000144. The lowest BCUT2D eigenvalue weighted by Crippen LogP contribution is -2.27. The predicted molar refractivity (Wildman–Crippen MR) is 72.0 cm³/mol. The van der Waals surface area contributed by atoms with Crippen LogP contribution in [0, 0.1) is 6.92 Å². The van der Waals surface area contributed by atoms with Gasteiger partial charge in [-0.1, -0.05) is 32.9 Å². The molecule has 16 heavy (non-hydrogen) atoms. The van der Waals surface area contributed by atoms with E-state index < -0.39 is 0 Å². The normalized spacial score (nSPS) is 17.3. The lowest BCUT2D eigenvalue weighted by molar-refractivity contribution is 0.312. The van der Waals surface area contributed by atoms with Gasteiger partial charge in [0, 0.05) is 14.5 Å². The molecule has 1 aromatic carbocycles. The van der Waals surface area contributed by atoms with Crippen molar-refractivity contribution in [2.75, 3.05) is 13.6 Å². The molecule has 0 aromatic heterocycles. The minimum absolute atomic E-state index is 0. The summed E-state index contributed by atoms with van der Waals surface area (Å²) in [4.78, 5) is 2.41. The fraction of sp³-hybridized carbons (Fsp3) is 0.600. The topological polar surface area (TPSA) is 3.24 Å². The molecule has 0 radical (unpaired) electrons. The van der Waals surface area contributed by atoms with Crippen LogP contribution in [0.15, 0.2) is 12.1 Å². The van der Waals surface area contributed by atoms with Gasteiger partial charge in [0.2, 0.25) is 0 Å². The molecule has 0 saturated carbocycles. The highest BCUT2D eigenvalue weighted by Gasteiger charge is 2.20. The molecular formula is C15H25N. The molecule has 1 nitrogen and oxygen atoms in total. The Labute approximate surface area is 101 Å². The lowest BCUT2D eigenvalue weighted by Gasteiger charge is -2.29. The SMILES string of the molecule is Cc1cc2c(cc1C(C)(C)C)CN(C)CC2.[HH]. The molecule has 1 aliphatic rings. The second-order valence-electron chi connectivity index (χ2n) is 6.17. The Bertz CT molecular complexity index is 404. The van der Waals surface area contributed by atoms with Crippen LogP contribution < -0.4 is 0 Å². The van der Waals surface area contributed by atoms with Crippen LogP contribution in [0.1, 0.15) is 44.5 Å². The van der Waals surface area contributed by atoms with Crippen LogP contribution >= 0.6 is 0 Å². The number of benzene rings is 1. The van der Waals surface area contributed by atoms with Gasteiger partial charge in [-0.3, -0.25) is 0 Å². The number of likely N-dealkylation sites (N-methyl/N-ethyl adjacent to an activating group) is 1. The maximum atomic E-state index is 2.43. The van der Waals surface area contributed by atoms with Gasteiger partial charge in [-0.05, 0) is 48.1 Å². The smallest absolute Gasteiger partial charge is 0.0233 e. The third-order valence-electron chi connectivity index (χ3n) is 3.56. The van der Waals surface area contributed by atoms with E-state index in [-0.39, 0.29) is 6.84 Å². The van der Waals surface area contributed by atoms with Crippen molar-refractivity contribution in [2.24, 2.45) is 0 Å². The standard InChI is InChI=1S/C15H23N.H2/c1-11-8-12-6-7-16(5)10-13(12)9-14(11)15(2,3)4;/h8-9H,6-7,10H2,1-5H3;1H. The molecule has 0 spiro atoms. The summed E-state index contributed by atoms with van der Waals surface area (Å²) in [5.41, 5.74) is 6.31. The van der Waals surface area contributed by atoms with Crippen LogP contribution in [0.25, 0.3) is 0 Å². The second kappa shape index (κ2) is 3.89. The van der Waals surface area contributed by atoms with Gasteiger partial charge < -0.3 is 4.90 Å².